The Morgan fingerprint density at radius 1 is 0.938 bits per heavy atom. The fourth-order valence-electron chi connectivity index (χ4n) is 6.32. The van der Waals surface area contributed by atoms with E-state index in [1.165, 1.54) is 42.5 Å². The van der Waals surface area contributed by atoms with Gasteiger partial charge in [0.25, 0.3) is 5.91 Å². The van der Waals surface area contributed by atoms with Gasteiger partial charge in [-0.05, 0) is 72.1 Å². The predicted molar refractivity (Wildman–Crippen MR) is 179 cm³/mol. The van der Waals surface area contributed by atoms with Crippen molar-refractivity contribution in [1.29, 1.82) is 0 Å². The summed E-state index contributed by atoms with van der Waals surface area (Å²) in [6, 6.07) is 21.5. The first-order chi connectivity index (χ1) is 23.0. The van der Waals surface area contributed by atoms with Crippen molar-refractivity contribution >= 4 is 38.4 Å². The van der Waals surface area contributed by atoms with Crippen LogP contribution < -0.4 is 4.31 Å². The Balaban J connectivity index is 1.47. The average Bonchev–Trinajstić information content (AvgIpc) is 3.72. The first kappa shape index (κ1) is 33.0. The van der Waals surface area contributed by atoms with Gasteiger partial charge in [-0.1, -0.05) is 31.2 Å². The van der Waals surface area contributed by atoms with Crippen LogP contribution in [0.1, 0.15) is 52.0 Å². The number of fused-ring (bicyclic) bond motifs is 1. The van der Waals surface area contributed by atoms with Gasteiger partial charge in [0.1, 0.15) is 29.7 Å². The van der Waals surface area contributed by atoms with Crippen molar-refractivity contribution < 1.29 is 35.6 Å². The first-order valence-electron chi connectivity index (χ1n) is 15.6. The summed E-state index contributed by atoms with van der Waals surface area (Å²) < 4.78 is 74.1. The lowest BCUT2D eigenvalue weighted by Gasteiger charge is -2.24. The second-order valence-electron chi connectivity index (χ2n) is 11.8. The second kappa shape index (κ2) is 13.3. The zero-order valence-corrected chi connectivity index (χ0v) is 27.2. The van der Waals surface area contributed by atoms with Gasteiger partial charge in [-0.2, -0.15) is 0 Å². The fourth-order valence-corrected chi connectivity index (χ4v) is 7.23. The van der Waals surface area contributed by atoms with E-state index in [1.54, 1.807) is 54.3 Å². The van der Waals surface area contributed by atoms with Crippen LogP contribution in [0.15, 0.2) is 89.3 Å². The van der Waals surface area contributed by atoms with E-state index in [2.05, 4.69) is 0 Å². The third-order valence-corrected chi connectivity index (χ3v) is 9.89. The maximum Gasteiger partial charge on any atom is 0.253 e. The molecule has 1 amide bonds. The zero-order valence-electron chi connectivity index (χ0n) is 26.4. The molecule has 1 aliphatic heterocycles. The van der Waals surface area contributed by atoms with Crippen molar-refractivity contribution in [3.63, 3.8) is 0 Å². The largest absolute Gasteiger partial charge is 0.455 e. The maximum absolute atomic E-state index is 13.8. The molecule has 248 valence electrons. The number of hydrogen-bond donors (Lipinski definition) is 0. The minimum Gasteiger partial charge on any atom is -0.455 e. The van der Waals surface area contributed by atoms with Crippen molar-refractivity contribution in [3.05, 3.63) is 113 Å². The molecule has 1 fully saturated rings. The van der Waals surface area contributed by atoms with Crippen molar-refractivity contribution in [2.75, 3.05) is 36.9 Å². The molecule has 0 spiro atoms. The van der Waals surface area contributed by atoms with Gasteiger partial charge in [0.2, 0.25) is 10.0 Å². The third-order valence-electron chi connectivity index (χ3n) is 8.71. The highest BCUT2D eigenvalue weighted by molar-refractivity contribution is 7.92. The molecule has 1 unspecified atom stereocenters. The molecule has 1 saturated heterocycles. The molecule has 1 aromatic heterocycles. The maximum atomic E-state index is 13.8. The number of sulfonamides is 1. The van der Waals surface area contributed by atoms with Gasteiger partial charge in [-0.3, -0.25) is 13.9 Å². The standard InChI is InChI=1S/C37H33F3N2O5S/c1-3-33(43)35-31-20-30(25-5-4-6-26(19-25)37(44)41-17-15-27(22-41)23-7-11-28(39)12-8-23)32(42(18-16-38)48(2,45)46)21-34(31)47-36(35)24-9-13-29(40)14-10-24/h4-14,19-21,27H,3,15-18,22H2,1-2H3. The number of rotatable bonds is 10. The number of anilines is 1. The molecule has 4 aromatic carbocycles. The van der Waals surface area contributed by atoms with Crippen LogP contribution in [-0.2, 0) is 10.0 Å². The second-order valence-corrected chi connectivity index (χ2v) is 13.8. The van der Waals surface area contributed by atoms with Gasteiger partial charge < -0.3 is 9.32 Å². The highest BCUT2D eigenvalue weighted by Crippen LogP contribution is 2.42. The van der Waals surface area contributed by atoms with Gasteiger partial charge in [0, 0.05) is 53.6 Å². The molecule has 6 rings (SSSR count). The zero-order chi connectivity index (χ0) is 34.2. The normalized spacial score (nSPS) is 14.9. The van der Waals surface area contributed by atoms with E-state index < -0.39 is 29.1 Å². The molecule has 1 aliphatic rings. The van der Waals surface area contributed by atoms with Gasteiger partial charge in [-0.15, -0.1) is 0 Å². The highest BCUT2D eigenvalue weighted by atomic mass is 32.2. The topological polar surface area (TPSA) is 87.9 Å². The summed E-state index contributed by atoms with van der Waals surface area (Å²) in [5, 5.41) is 0.395. The lowest BCUT2D eigenvalue weighted by molar-refractivity contribution is 0.0790. The number of hydrogen-bond acceptors (Lipinski definition) is 5. The number of likely N-dealkylation sites (tertiary alicyclic amines) is 1. The molecule has 0 N–H and O–H groups in total. The molecule has 0 aliphatic carbocycles. The minimum absolute atomic E-state index is 0.0571. The Morgan fingerprint density at radius 2 is 1.62 bits per heavy atom. The molecule has 5 aromatic rings. The molecule has 0 radical (unpaired) electrons. The van der Waals surface area contributed by atoms with Crippen molar-refractivity contribution in [2.24, 2.45) is 0 Å². The summed E-state index contributed by atoms with van der Waals surface area (Å²) >= 11 is 0. The first-order valence-corrected chi connectivity index (χ1v) is 17.4. The van der Waals surface area contributed by atoms with Crippen LogP contribution in [0, 0.1) is 11.6 Å². The van der Waals surface area contributed by atoms with E-state index in [4.69, 9.17) is 4.42 Å². The molecule has 11 heteroatoms. The van der Waals surface area contributed by atoms with Gasteiger partial charge >= 0.3 is 0 Å². The summed E-state index contributed by atoms with van der Waals surface area (Å²) in [4.78, 5) is 28.8. The Labute approximate surface area is 276 Å². The fraction of sp³-hybridized carbons (Fsp3) is 0.243. The average molecular weight is 675 g/mol. The number of alkyl halides is 1. The Kier molecular flexibility index (Phi) is 9.15. The quantitative estimate of drug-likeness (QED) is 0.140. The van der Waals surface area contributed by atoms with Crippen molar-refractivity contribution in [2.45, 2.75) is 25.7 Å². The van der Waals surface area contributed by atoms with E-state index in [-0.39, 0.29) is 52.4 Å². The van der Waals surface area contributed by atoms with Crippen molar-refractivity contribution in [1.82, 2.24) is 4.90 Å². The molecular formula is C37H33F3N2O5S. The summed E-state index contributed by atoms with van der Waals surface area (Å²) in [7, 11) is -3.99. The van der Waals surface area contributed by atoms with E-state index >= 15 is 0 Å². The van der Waals surface area contributed by atoms with Gasteiger partial charge in [0.05, 0.1) is 24.1 Å². The number of amides is 1. The molecule has 48 heavy (non-hydrogen) atoms. The predicted octanol–water partition coefficient (Wildman–Crippen LogP) is 8.00. The molecular weight excluding hydrogens is 641 g/mol. The van der Waals surface area contributed by atoms with E-state index in [0.29, 0.717) is 40.7 Å². The van der Waals surface area contributed by atoms with Crippen LogP contribution in [0.5, 0.6) is 0 Å². The third kappa shape index (κ3) is 6.47. The Bertz CT molecular complexity index is 2110. The van der Waals surface area contributed by atoms with E-state index in [1.807, 2.05) is 0 Å². The number of carbonyl (C=O) groups is 2. The van der Waals surface area contributed by atoms with Crippen LogP contribution >= 0.6 is 0 Å². The number of Topliss-reactive ketones (excluding diaryl/α,β-unsaturated/α-hetero) is 1. The van der Waals surface area contributed by atoms with Crippen LogP contribution in [0.4, 0.5) is 18.9 Å². The molecule has 0 bridgehead atoms. The lowest BCUT2D eigenvalue weighted by Crippen LogP contribution is -2.32. The number of carbonyl (C=O) groups excluding carboxylic acids is 2. The van der Waals surface area contributed by atoms with Gasteiger partial charge in [0.15, 0.2) is 5.78 Å². The summed E-state index contributed by atoms with van der Waals surface area (Å²) in [6.45, 7) is 1.22. The molecule has 7 nitrogen and oxygen atoms in total. The minimum atomic E-state index is -3.99. The monoisotopic (exact) mass is 674 g/mol. The number of nitrogens with zero attached hydrogens (tertiary/aromatic N) is 2. The van der Waals surface area contributed by atoms with Crippen LogP contribution in [-0.4, -0.2) is 57.6 Å². The molecule has 2 heterocycles. The number of furan rings is 1. The van der Waals surface area contributed by atoms with Crippen LogP contribution in [0.25, 0.3) is 33.4 Å². The Morgan fingerprint density at radius 3 is 2.27 bits per heavy atom. The summed E-state index contributed by atoms with van der Waals surface area (Å²) in [6.07, 6.45) is 1.82. The number of ketones is 1. The molecule has 1 atom stereocenters. The summed E-state index contributed by atoms with van der Waals surface area (Å²) in [5.41, 5.74) is 3.13. The SMILES string of the molecule is CCC(=O)c1c(-c2ccc(F)cc2)oc2cc(N(CCF)S(C)(=O)=O)c(-c3cccc(C(=O)N4CCC(c5ccc(F)cc5)C4)c3)cc12. The number of benzene rings is 4. The number of halogens is 3. The highest BCUT2D eigenvalue weighted by Gasteiger charge is 2.30. The van der Waals surface area contributed by atoms with E-state index in [9.17, 15) is 31.2 Å². The lowest BCUT2D eigenvalue weighted by atomic mass is 9.95. The van der Waals surface area contributed by atoms with Crippen LogP contribution in [0.3, 0.4) is 0 Å². The van der Waals surface area contributed by atoms with Crippen molar-refractivity contribution in [3.8, 4) is 22.5 Å². The van der Waals surface area contributed by atoms with Gasteiger partial charge in [-0.25, -0.2) is 21.6 Å². The van der Waals surface area contributed by atoms with Crippen LogP contribution in [0.2, 0.25) is 0 Å². The van der Waals surface area contributed by atoms with E-state index in [0.717, 1.165) is 22.5 Å². The Hall–Kier alpha value is -4.90. The molecule has 0 saturated carbocycles. The summed E-state index contributed by atoms with van der Waals surface area (Å²) in [5.74, 6) is -1.01. The smallest absolute Gasteiger partial charge is 0.253 e.